The van der Waals surface area contributed by atoms with Crippen LogP contribution in [-0.2, 0) is 6.18 Å². The number of furan rings is 1. The molecule has 24 heavy (non-hydrogen) atoms. The smallest absolute Gasteiger partial charge is 0.417 e. The lowest BCUT2D eigenvalue weighted by atomic mass is 9.93. The van der Waals surface area contributed by atoms with Crippen LogP contribution in [-0.4, -0.2) is 28.9 Å². The summed E-state index contributed by atoms with van der Waals surface area (Å²) in [5.41, 5.74) is -0.325. The number of fused-ring (bicyclic) bond motifs is 1. The van der Waals surface area contributed by atoms with Gasteiger partial charge in [0, 0.05) is 18.8 Å². The van der Waals surface area contributed by atoms with Crippen molar-refractivity contribution in [3.05, 3.63) is 29.2 Å². The zero-order chi connectivity index (χ0) is 17.1. The fraction of sp³-hybridized carbons (Fsp3) is 0.529. The van der Waals surface area contributed by atoms with E-state index < -0.39 is 11.7 Å². The SMILES string of the molecule is Cc1cc(C(F)(F)F)c2cc(C(=O)N3CCC4(CC3)CC4)oc2n1. The molecule has 3 heterocycles. The van der Waals surface area contributed by atoms with Crippen LogP contribution < -0.4 is 0 Å². The number of carbonyl (C=O) groups is 1. The van der Waals surface area contributed by atoms with Crippen LogP contribution in [0.2, 0.25) is 0 Å². The Bertz CT molecular complexity index is 811. The van der Waals surface area contributed by atoms with Gasteiger partial charge in [0.05, 0.1) is 10.9 Å². The highest BCUT2D eigenvalue weighted by atomic mass is 19.4. The number of alkyl halides is 3. The summed E-state index contributed by atoms with van der Waals surface area (Å²) in [5, 5.41) is -0.160. The average Bonchev–Trinajstić information content (AvgIpc) is 3.13. The highest BCUT2D eigenvalue weighted by Crippen LogP contribution is 2.53. The Kier molecular flexibility index (Phi) is 3.21. The van der Waals surface area contributed by atoms with Crippen molar-refractivity contribution >= 4 is 17.0 Å². The van der Waals surface area contributed by atoms with Crippen molar-refractivity contribution in [2.45, 2.75) is 38.8 Å². The zero-order valence-corrected chi connectivity index (χ0v) is 13.2. The molecule has 0 unspecified atom stereocenters. The molecule has 1 aliphatic heterocycles. The second kappa shape index (κ2) is 4.97. The maximum absolute atomic E-state index is 13.2. The van der Waals surface area contributed by atoms with Crippen molar-refractivity contribution in [3.63, 3.8) is 0 Å². The highest BCUT2D eigenvalue weighted by molar-refractivity contribution is 5.96. The Morgan fingerprint density at radius 2 is 1.88 bits per heavy atom. The van der Waals surface area contributed by atoms with E-state index in [1.165, 1.54) is 25.8 Å². The standard InChI is InChI=1S/C17H17F3N2O2/c1-10-8-12(17(18,19)20)11-9-13(24-14(11)21-10)15(23)22-6-4-16(2-3-16)5-7-22/h8-9H,2-7H2,1H3. The molecule has 2 aromatic heterocycles. The third-order valence-corrected chi connectivity index (χ3v) is 5.22. The summed E-state index contributed by atoms with van der Waals surface area (Å²) in [5.74, 6) is -0.422. The van der Waals surface area contributed by atoms with E-state index in [4.69, 9.17) is 4.42 Å². The quantitative estimate of drug-likeness (QED) is 0.784. The first-order valence-corrected chi connectivity index (χ1v) is 8.05. The molecule has 1 saturated heterocycles. The zero-order valence-electron chi connectivity index (χ0n) is 13.2. The number of hydrogen-bond donors (Lipinski definition) is 0. The molecule has 2 aromatic rings. The number of nitrogens with zero attached hydrogens (tertiary/aromatic N) is 2. The van der Waals surface area contributed by atoms with Crippen LogP contribution in [0.25, 0.3) is 11.1 Å². The molecule has 0 atom stereocenters. The van der Waals surface area contributed by atoms with Gasteiger partial charge >= 0.3 is 6.18 Å². The molecule has 1 amide bonds. The molecule has 4 rings (SSSR count). The van der Waals surface area contributed by atoms with Crippen molar-refractivity contribution in [2.75, 3.05) is 13.1 Å². The van der Waals surface area contributed by atoms with E-state index >= 15 is 0 Å². The molecule has 0 N–H and O–H groups in total. The van der Waals surface area contributed by atoms with Crippen LogP contribution in [0, 0.1) is 12.3 Å². The largest absolute Gasteiger partial charge is 0.433 e. The van der Waals surface area contributed by atoms with Gasteiger partial charge in [-0.2, -0.15) is 13.2 Å². The van der Waals surface area contributed by atoms with Gasteiger partial charge in [0.1, 0.15) is 0 Å². The summed E-state index contributed by atoms with van der Waals surface area (Å²) < 4.78 is 44.9. The summed E-state index contributed by atoms with van der Waals surface area (Å²) in [6.45, 7) is 2.74. The number of likely N-dealkylation sites (tertiary alicyclic amines) is 1. The number of hydrogen-bond acceptors (Lipinski definition) is 3. The Morgan fingerprint density at radius 3 is 2.46 bits per heavy atom. The fourth-order valence-electron chi connectivity index (χ4n) is 3.49. The van der Waals surface area contributed by atoms with Gasteiger partial charge in [-0.05, 0) is 50.2 Å². The number of piperidine rings is 1. The number of pyridine rings is 1. The van der Waals surface area contributed by atoms with Gasteiger partial charge in [0.2, 0.25) is 5.71 Å². The number of carbonyl (C=O) groups excluding carboxylic acids is 1. The molecule has 0 radical (unpaired) electrons. The summed E-state index contributed by atoms with van der Waals surface area (Å²) >= 11 is 0. The lowest BCUT2D eigenvalue weighted by Gasteiger charge is -2.31. The minimum atomic E-state index is -4.51. The molecule has 4 nitrogen and oxygen atoms in total. The number of amides is 1. The van der Waals surface area contributed by atoms with Crippen LogP contribution in [0.4, 0.5) is 13.2 Å². The van der Waals surface area contributed by atoms with Crippen LogP contribution >= 0.6 is 0 Å². The summed E-state index contributed by atoms with van der Waals surface area (Å²) in [6, 6.07) is 2.15. The predicted octanol–water partition coefficient (Wildman–Crippen LogP) is 4.17. The second-order valence-corrected chi connectivity index (χ2v) is 6.93. The van der Waals surface area contributed by atoms with Crippen molar-refractivity contribution in [2.24, 2.45) is 5.41 Å². The molecule has 2 fully saturated rings. The topological polar surface area (TPSA) is 46.3 Å². The van der Waals surface area contributed by atoms with Gasteiger partial charge in [0.15, 0.2) is 5.76 Å². The van der Waals surface area contributed by atoms with E-state index in [1.54, 1.807) is 4.90 Å². The first-order chi connectivity index (χ1) is 11.3. The molecule has 1 aliphatic carbocycles. The van der Waals surface area contributed by atoms with Gasteiger partial charge in [-0.15, -0.1) is 0 Å². The number of halogens is 3. The molecule has 1 saturated carbocycles. The van der Waals surface area contributed by atoms with Crippen molar-refractivity contribution in [1.29, 1.82) is 0 Å². The summed E-state index contributed by atoms with van der Waals surface area (Å²) in [6.07, 6.45) is -0.149. The Morgan fingerprint density at radius 1 is 1.21 bits per heavy atom. The van der Waals surface area contributed by atoms with Gasteiger partial charge < -0.3 is 9.32 Å². The summed E-state index contributed by atoms with van der Waals surface area (Å²) in [7, 11) is 0. The third kappa shape index (κ3) is 2.56. The number of aryl methyl sites for hydroxylation is 1. The van der Waals surface area contributed by atoms with Gasteiger partial charge in [0.25, 0.3) is 5.91 Å². The lowest BCUT2D eigenvalue weighted by molar-refractivity contribution is -0.136. The molecule has 1 spiro atoms. The molecular formula is C17H17F3N2O2. The first-order valence-electron chi connectivity index (χ1n) is 8.05. The van der Waals surface area contributed by atoms with Crippen LogP contribution in [0.1, 0.15) is 47.5 Å². The average molecular weight is 338 g/mol. The minimum absolute atomic E-state index is 0.0691. The van der Waals surface area contributed by atoms with Crippen LogP contribution in [0.5, 0.6) is 0 Å². The lowest BCUT2D eigenvalue weighted by Crippen LogP contribution is -2.38. The van der Waals surface area contributed by atoms with E-state index in [9.17, 15) is 18.0 Å². The first kappa shape index (κ1) is 15.5. The maximum Gasteiger partial charge on any atom is 0.417 e. The van der Waals surface area contributed by atoms with Crippen LogP contribution in [0.15, 0.2) is 16.5 Å². The minimum Gasteiger partial charge on any atom is -0.433 e. The van der Waals surface area contributed by atoms with E-state index in [1.807, 2.05) is 0 Å². The number of aromatic nitrogens is 1. The third-order valence-electron chi connectivity index (χ3n) is 5.22. The summed E-state index contributed by atoms with van der Waals surface area (Å²) in [4.78, 5) is 18.2. The van der Waals surface area contributed by atoms with E-state index in [0.717, 1.165) is 18.9 Å². The van der Waals surface area contributed by atoms with Gasteiger partial charge in [-0.3, -0.25) is 4.79 Å². The molecule has 128 valence electrons. The maximum atomic E-state index is 13.2. The molecular weight excluding hydrogens is 321 g/mol. The Labute approximate surface area is 136 Å². The Hall–Kier alpha value is -2.05. The molecule has 2 aliphatic rings. The van der Waals surface area contributed by atoms with E-state index in [2.05, 4.69) is 4.98 Å². The predicted molar refractivity (Wildman–Crippen MR) is 80.6 cm³/mol. The van der Waals surface area contributed by atoms with E-state index in [0.29, 0.717) is 18.5 Å². The fourth-order valence-corrected chi connectivity index (χ4v) is 3.49. The monoisotopic (exact) mass is 338 g/mol. The van der Waals surface area contributed by atoms with Crippen molar-refractivity contribution in [3.8, 4) is 0 Å². The molecule has 7 heteroatoms. The second-order valence-electron chi connectivity index (χ2n) is 6.93. The van der Waals surface area contributed by atoms with Crippen molar-refractivity contribution < 1.29 is 22.4 Å². The van der Waals surface area contributed by atoms with Crippen molar-refractivity contribution in [1.82, 2.24) is 9.88 Å². The molecule has 0 bridgehead atoms. The normalized spacial score (nSPS) is 19.9. The van der Waals surface area contributed by atoms with Gasteiger partial charge in [-0.25, -0.2) is 4.98 Å². The number of rotatable bonds is 1. The van der Waals surface area contributed by atoms with Gasteiger partial charge in [-0.1, -0.05) is 0 Å². The Balaban J connectivity index is 1.66. The highest BCUT2D eigenvalue weighted by Gasteiger charge is 2.45. The molecule has 0 aromatic carbocycles. The van der Waals surface area contributed by atoms with E-state index in [-0.39, 0.29) is 28.5 Å². The van der Waals surface area contributed by atoms with Crippen LogP contribution in [0.3, 0.4) is 0 Å².